The van der Waals surface area contributed by atoms with Crippen LogP contribution in [0.5, 0.6) is 0 Å². The monoisotopic (exact) mass is 479 g/mol. The zero-order valence-electron chi connectivity index (χ0n) is 19.2. The Morgan fingerprint density at radius 2 is 1.78 bits per heavy atom. The van der Waals surface area contributed by atoms with Gasteiger partial charge in [0, 0.05) is 36.5 Å². The van der Waals surface area contributed by atoms with Crippen molar-refractivity contribution in [3.8, 4) is 0 Å². The number of hydrogen-bond acceptors (Lipinski definition) is 3. The van der Waals surface area contributed by atoms with Gasteiger partial charge in [-0.3, -0.25) is 4.79 Å². The van der Waals surface area contributed by atoms with Gasteiger partial charge in [-0.25, -0.2) is 8.42 Å². The van der Waals surface area contributed by atoms with Crippen molar-refractivity contribution in [1.82, 2.24) is 13.8 Å². The van der Waals surface area contributed by atoms with Gasteiger partial charge in [-0.2, -0.15) is 4.31 Å². The number of sulfonamides is 1. The van der Waals surface area contributed by atoms with Gasteiger partial charge in [0.1, 0.15) is 0 Å². The van der Waals surface area contributed by atoms with Crippen LogP contribution < -0.4 is 0 Å². The molecule has 6 nitrogen and oxygen atoms in total. The summed E-state index contributed by atoms with van der Waals surface area (Å²) in [6.07, 6.45) is 6.57. The second kappa shape index (κ2) is 10.9. The summed E-state index contributed by atoms with van der Waals surface area (Å²) < 4.78 is 30.6. The van der Waals surface area contributed by atoms with Gasteiger partial charge in [0.15, 0.2) is 0 Å². The predicted molar refractivity (Wildman–Crippen MR) is 128 cm³/mol. The molecular weight excluding hydrogens is 446 g/mol. The molecule has 1 aliphatic carbocycles. The van der Waals surface area contributed by atoms with Crippen LogP contribution >= 0.6 is 11.6 Å². The zero-order chi connectivity index (χ0) is 23.3. The Kier molecular flexibility index (Phi) is 8.42. The number of carbonyl (C=O) groups is 1. The van der Waals surface area contributed by atoms with Crippen LogP contribution in [0.4, 0.5) is 0 Å². The Morgan fingerprint density at radius 1 is 1.12 bits per heavy atom. The minimum Gasteiger partial charge on any atom is -0.353 e. The van der Waals surface area contributed by atoms with Gasteiger partial charge >= 0.3 is 0 Å². The lowest BCUT2D eigenvalue weighted by atomic mass is 9.95. The summed E-state index contributed by atoms with van der Waals surface area (Å²) in [5, 5.41) is 0.481. The normalized spacial score (nSPS) is 15.4. The first kappa shape index (κ1) is 24.8. The Balaban J connectivity index is 1.88. The van der Waals surface area contributed by atoms with E-state index >= 15 is 0 Å². The van der Waals surface area contributed by atoms with E-state index < -0.39 is 10.0 Å². The second-order valence-corrected chi connectivity index (χ2v) is 11.4. The summed E-state index contributed by atoms with van der Waals surface area (Å²) in [4.78, 5) is 15.5. The molecule has 0 bridgehead atoms. The van der Waals surface area contributed by atoms with Crippen molar-refractivity contribution in [2.45, 2.75) is 63.4 Å². The lowest BCUT2D eigenvalue weighted by Gasteiger charge is -2.35. The third kappa shape index (κ3) is 6.15. The summed E-state index contributed by atoms with van der Waals surface area (Å²) in [6.45, 7) is 5.01. The smallest absolute Gasteiger partial charge is 0.243 e. The SMILES string of the molecule is CC(C)CN(Cc1cccn1C)C(=O)CN(C1CCCCC1)S(=O)(=O)c1ccc(Cl)cc1. The molecule has 0 atom stereocenters. The average molecular weight is 480 g/mol. The third-order valence-corrected chi connectivity index (χ3v) is 8.20. The summed E-state index contributed by atoms with van der Waals surface area (Å²) in [5.41, 5.74) is 1.02. The van der Waals surface area contributed by atoms with Crippen molar-refractivity contribution in [2.24, 2.45) is 13.0 Å². The first-order valence-electron chi connectivity index (χ1n) is 11.3. The molecule has 0 saturated heterocycles. The number of amides is 1. The third-order valence-electron chi connectivity index (χ3n) is 6.04. The molecule has 8 heteroatoms. The van der Waals surface area contributed by atoms with Crippen molar-refractivity contribution in [1.29, 1.82) is 0 Å². The highest BCUT2D eigenvalue weighted by Crippen LogP contribution is 2.28. The van der Waals surface area contributed by atoms with E-state index in [2.05, 4.69) is 13.8 Å². The quantitative estimate of drug-likeness (QED) is 0.524. The molecule has 1 saturated carbocycles. The number of rotatable bonds is 9. The molecule has 0 N–H and O–H groups in total. The van der Waals surface area contributed by atoms with Crippen LogP contribution in [-0.4, -0.2) is 47.2 Å². The topological polar surface area (TPSA) is 62.6 Å². The highest BCUT2D eigenvalue weighted by Gasteiger charge is 2.35. The highest BCUT2D eigenvalue weighted by atomic mass is 35.5. The van der Waals surface area contributed by atoms with Crippen molar-refractivity contribution >= 4 is 27.5 Å². The summed E-state index contributed by atoms with van der Waals surface area (Å²) in [7, 11) is -1.87. The van der Waals surface area contributed by atoms with E-state index in [1.54, 1.807) is 17.0 Å². The summed E-state index contributed by atoms with van der Waals surface area (Å²) in [6, 6.07) is 9.98. The number of aryl methyl sites for hydroxylation is 1. The zero-order valence-corrected chi connectivity index (χ0v) is 20.8. The van der Waals surface area contributed by atoms with Crippen LogP contribution in [-0.2, 0) is 28.4 Å². The fourth-order valence-electron chi connectivity index (χ4n) is 4.31. The maximum atomic E-state index is 13.6. The summed E-state index contributed by atoms with van der Waals surface area (Å²) >= 11 is 5.97. The number of hydrogen-bond donors (Lipinski definition) is 0. The Labute approximate surface area is 197 Å². The molecule has 0 aliphatic heterocycles. The van der Waals surface area contributed by atoms with Crippen molar-refractivity contribution < 1.29 is 13.2 Å². The van der Waals surface area contributed by atoms with E-state index in [-0.39, 0.29) is 29.3 Å². The highest BCUT2D eigenvalue weighted by molar-refractivity contribution is 7.89. The molecule has 0 radical (unpaired) electrons. The maximum absolute atomic E-state index is 13.6. The lowest BCUT2D eigenvalue weighted by Crippen LogP contribution is -2.48. The molecule has 0 spiro atoms. The molecule has 2 aromatic rings. The van der Waals surface area contributed by atoms with Gasteiger partial charge in [-0.05, 0) is 55.2 Å². The standard InChI is InChI=1S/C24H34ClN3O3S/c1-19(2)16-27(17-22-10-7-15-26(22)3)24(29)18-28(21-8-5-4-6-9-21)32(30,31)23-13-11-20(25)12-14-23/h7,10-15,19,21H,4-6,8-9,16-18H2,1-3H3. The Bertz CT molecular complexity index is 996. The lowest BCUT2D eigenvalue weighted by molar-refractivity contribution is -0.133. The molecular formula is C24H34ClN3O3S. The summed E-state index contributed by atoms with van der Waals surface area (Å²) in [5.74, 6) is 0.109. The molecule has 1 aromatic carbocycles. The van der Waals surface area contributed by atoms with E-state index in [9.17, 15) is 13.2 Å². The molecule has 3 rings (SSSR count). The number of benzene rings is 1. The molecule has 1 aromatic heterocycles. The van der Waals surface area contributed by atoms with Gasteiger partial charge < -0.3 is 9.47 Å². The average Bonchev–Trinajstić information content (AvgIpc) is 3.16. The van der Waals surface area contributed by atoms with E-state index in [0.717, 1.165) is 37.8 Å². The fourth-order valence-corrected chi connectivity index (χ4v) is 6.07. The van der Waals surface area contributed by atoms with Crippen molar-refractivity contribution in [2.75, 3.05) is 13.1 Å². The van der Waals surface area contributed by atoms with E-state index in [1.165, 1.54) is 16.4 Å². The van der Waals surface area contributed by atoms with Gasteiger partial charge in [-0.15, -0.1) is 0 Å². The molecule has 1 amide bonds. The first-order valence-corrected chi connectivity index (χ1v) is 13.2. The minimum atomic E-state index is -3.82. The van der Waals surface area contributed by atoms with E-state index in [0.29, 0.717) is 18.1 Å². The minimum absolute atomic E-state index is 0.146. The maximum Gasteiger partial charge on any atom is 0.243 e. The van der Waals surface area contributed by atoms with Gasteiger partial charge in [0.2, 0.25) is 15.9 Å². The van der Waals surface area contributed by atoms with Crippen LogP contribution in [0, 0.1) is 5.92 Å². The van der Waals surface area contributed by atoms with Crippen LogP contribution in [0.2, 0.25) is 5.02 Å². The molecule has 0 unspecified atom stereocenters. The van der Waals surface area contributed by atoms with Gasteiger partial charge in [0.25, 0.3) is 0 Å². The van der Waals surface area contributed by atoms with Crippen molar-refractivity contribution in [3.05, 3.63) is 53.3 Å². The number of aromatic nitrogens is 1. The first-order chi connectivity index (χ1) is 15.2. The molecule has 1 fully saturated rings. The second-order valence-electron chi connectivity index (χ2n) is 9.07. The Hall–Kier alpha value is -1.83. The predicted octanol–water partition coefficient (Wildman–Crippen LogP) is 4.69. The van der Waals surface area contributed by atoms with Crippen LogP contribution in [0.15, 0.2) is 47.5 Å². The van der Waals surface area contributed by atoms with E-state index in [1.807, 2.05) is 29.9 Å². The number of nitrogens with zero attached hydrogens (tertiary/aromatic N) is 3. The Morgan fingerprint density at radius 3 is 2.34 bits per heavy atom. The van der Waals surface area contributed by atoms with Crippen LogP contribution in [0.1, 0.15) is 51.6 Å². The molecule has 1 heterocycles. The van der Waals surface area contributed by atoms with Crippen LogP contribution in [0.3, 0.4) is 0 Å². The number of halogens is 1. The number of carbonyl (C=O) groups excluding carboxylic acids is 1. The molecule has 32 heavy (non-hydrogen) atoms. The van der Waals surface area contributed by atoms with Crippen LogP contribution in [0.25, 0.3) is 0 Å². The fraction of sp³-hybridized carbons (Fsp3) is 0.542. The van der Waals surface area contributed by atoms with Gasteiger partial charge in [-0.1, -0.05) is 44.7 Å². The van der Waals surface area contributed by atoms with Gasteiger partial charge in [0.05, 0.1) is 18.0 Å². The largest absolute Gasteiger partial charge is 0.353 e. The molecule has 176 valence electrons. The van der Waals surface area contributed by atoms with Crippen molar-refractivity contribution in [3.63, 3.8) is 0 Å². The molecule has 1 aliphatic rings. The van der Waals surface area contributed by atoms with E-state index in [4.69, 9.17) is 11.6 Å².